The molecule has 148 valence electrons. The third kappa shape index (κ3) is 3.92. The van der Waals surface area contributed by atoms with Crippen LogP contribution in [0, 0.1) is 0 Å². The number of halogens is 1. The fourth-order valence-electron chi connectivity index (χ4n) is 4.10. The van der Waals surface area contributed by atoms with Crippen LogP contribution >= 0.6 is 11.6 Å². The second-order valence-corrected chi connectivity index (χ2v) is 7.76. The number of aromatic nitrogens is 3. The molecule has 2 aliphatic heterocycles. The van der Waals surface area contributed by atoms with Gasteiger partial charge in [-0.1, -0.05) is 11.6 Å². The number of anilines is 1. The summed E-state index contributed by atoms with van der Waals surface area (Å²) < 4.78 is 12.9. The third-order valence-corrected chi connectivity index (χ3v) is 5.91. The van der Waals surface area contributed by atoms with Crippen molar-refractivity contribution in [3.63, 3.8) is 0 Å². The minimum atomic E-state index is 0.369. The van der Waals surface area contributed by atoms with Gasteiger partial charge in [0, 0.05) is 72.1 Å². The van der Waals surface area contributed by atoms with Crippen LogP contribution in [0.15, 0.2) is 6.07 Å². The van der Waals surface area contributed by atoms with Gasteiger partial charge in [-0.15, -0.1) is 0 Å². The normalized spacial score (nSPS) is 19.9. The highest BCUT2D eigenvalue weighted by Gasteiger charge is 2.26. The molecule has 2 aliphatic rings. The maximum atomic E-state index is 6.36. The average Bonchev–Trinajstić information content (AvgIpc) is 3.03. The largest absolute Gasteiger partial charge is 0.383 e. The van der Waals surface area contributed by atoms with Gasteiger partial charge >= 0.3 is 0 Å². The van der Waals surface area contributed by atoms with Crippen LogP contribution in [0.5, 0.6) is 0 Å². The Morgan fingerprint density at radius 3 is 2.63 bits per heavy atom. The summed E-state index contributed by atoms with van der Waals surface area (Å²) in [5, 5.41) is 0.544. The molecule has 2 aromatic rings. The van der Waals surface area contributed by atoms with Gasteiger partial charge in [0.2, 0.25) is 5.95 Å². The molecule has 0 aliphatic carbocycles. The topological polar surface area (TPSA) is 55.6 Å². The Morgan fingerprint density at radius 2 is 1.93 bits per heavy atom. The maximum Gasteiger partial charge on any atom is 0.206 e. The second-order valence-electron chi connectivity index (χ2n) is 7.38. The monoisotopic (exact) mass is 393 g/mol. The summed E-state index contributed by atoms with van der Waals surface area (Å²) in [7, 11) is 3.83. The van der Waals surface area contributed by atoms with Crippen LogP contribution < -0.4 is 4.90 Å². The van der Waals surface area contributed by atoms with Crippen LogP contribution in [0.1, 0.15) is 24.5 Å². The van der Waals surface area contributed by atoms with Crippen molar-refractivity contribution in [2.45, 2.75) is 18.8 Å². The first-order valence-corrected chi connectivity index (χ1v) is 10.1. The highest BCUT2D eigenvalue weighted by molar-refractivity contribution is 6.30. The van der Waals surface area contributed by atoms with E-state index in [2.05, 4.69) is 26.4 Å². The molecule has 27 heavy (non-hydrogen) atoms. The van der Waals surface area contributed by atoms with Crippen molar-refractivity contribution in [3.8, 4) is 0 Å². The molecule has 0 N–H and O–H groups in total. The van der Waals surface area contributed by atoms with Crippen LogP contribution in [-0.4, -0.2) is 79.1 Å². The number of nitrogens with zero attached hydrogens (tertiary/aromatic N) is 5. The van der Waals surface area contributed by atoms with Crippen LogP contribution in [0.25, 0.3) is 11.0 Å². The van der Waals surface area contributed by atoms with Crippen molar-refractivity contribution >= 4 is 28.6 Å². The smallest absolute Gasteiger partial charge is 0.206 e. The zero-order valence-corrected chi connectivity index (χ0v) is 16.9. The lowest BCUT2D eigenvalue weighted by molar-refractivity contribution is 0.0848. The van der Waals surface area contributed by atoms with E-state index in [4.69, 9.17) is 26.1 Å². The minimum absolute atomic E-state index is 0.369. The van der Waals surface area contributed by atoms with E-state index in [1.54, 1.807) is 7.11 Å². The number of imidazole rings is 1. The molecule has 0 aromatic carbocycles. The molecule has 7 nitrogen and oxygen atoms in total. The van der Waals surface area contributed by atoms with E-state index < -0.39 is 0 Å². The van der Waals surface area contributed by atoms with Crippen molar-refractivity contribution in [2.75, 3.05) is 64.6 Å². The number of aryl methyl sites for hydroxylation is 1. The van der Waals surface area contributed by atoms with E-state index >= 15 is 0 Å². The number of rotatable bonds is 5. The summed E-state index contributed by atoms with van der Waals surface area (Å²) in [5.41, 5.74) is 3.08. The predicted molar refractivity (Wildman–Crippen MR) is 107 cm³/mol. The number of methoxy groups -OCH3 is 1. The van der Waals surface area contributed by atoms with Gasteiger partial charge in [0.15, 0.2) is 0 Å². The molecular weight excluding hydrogens is 366 g/mol. The molecule has 2 saturated heterocycles. The van der Waals surface area contributed by atoms with Gasteiger partial charge in [-0.25, -0.2) is 9.97 Å². The van der Waals surface area contributed by atoms with Gasteiger partial charge < -0.3 is 18.9 Å². The first-order chi connectivity index (χ1) is 13.2. The summed E-state index contributed by atoms with van der Waals surface area (Å²) in [5.74, 6) is 1.38. The summed E-state index contributed by atoms with van der Waals surface area (Å²) >= 11 is 6.36. The average molecular weight is 394 g/mol. The van der Waals surface area contributed by atoms with Gasteiger partial charge in [-0.2, -0.15) is 0 Å². The van der Waals surface area contributed by atoms with E-state index in [1.165, 1.54) is 0 Å². The number of fused-ring (bicyclic) bond motifs is 1. The Kier molecular flexibility index (Phi) is 5.82. The zero-order valence-electron chi connectivity index (χ0n) is 16.2. The molecule has 0 radical (unpaired) electrons. The number of pyridine rings is 1. The van der Waals surface area contributed by atoms with Gasteiger partial charge in [-0.3, -0.25) is 4.90 Å². The van der Waals surface area contributed by atoms with Crippen LogP contribution in [0.4, 0.5) is 5.95 Å². The zero-order chi connectivity index (χ0) is 18.8. The fourth-order valence-corrected chi connectivity index (χ4v) is 4.29. The molecule has 4 heterocycles. The lowest BCUT2D eigenvalue weighted by atomic mass is 9.95. The summed E-state index contributed by atoms with van der Waals surface area (Å²) in [6.45, 7) is 7.32. The van der Waals surface area contributed by atoms with Crippen molar-refractivity contribution in [2.24, 2.45) is 7.05 Å². The Hall–Kier alpha value is -1.41. The van der Waals surface area contributed by atoms with E-state index in [0.717, 1.165) is 88.1 Å². The number of hydrogen-bond donors (Lipinski definition) is 0. The van der Waals surface area contributed by atoms with Crippen molar-refractivity contribution in [1.82, 2.24) is 19.4 Å². The SMILES string of the molecule is COCCN1CCN(c2nc3c(C4CCOCC4)nc(Cl)cc3n2C)CC1. The minimum Gasteiger partial charge on any atom is -0.383 e. The third-order valence-electron chi connectivity index (χ3n) is 5.72. The van der Waals surface area contributed by atoms with Gasteiger partial charge in [0.05, 0.1) is 17.8 Å². The van der Waals surface area contributed by atoms with Crippen molar-refractivity contribution < 1.29 is 9.47 Å². The quantitative estimate of drug-likeness (QED) is 0.726. The second kappa shape index (κ2) is 8.31. The predicted octanol–water partition coefficient (Wildman–Crippen LogP) is 2.28. The molecule has 8 heteroatoms. The van der Waals surface area contributed by atoms with Crippen LogP contribution in [0.2, 0.25) is 5.15 Å². The Bertz CT molecular complexity index is 782. The van der Waals surface area contributed by atoms with E-state index in [1.807, 2.05) is 6.07 Å². The Morgan fingerprint density at radius 1 is 1.19 bits per heavy atom. The van der Waals surface area contributed by atoms with Crippen molar-refractivity contribution in [3.05, 3.63) is 16.9 Å². The van der Waals surface area contributed by atoms with Gasteiger partial charge in [-0.05, 0) is 12.8 Å². The molecule has 0 atom stereocenters. The van der Waals surface area contributed by atoms with Crippen LogP contribution in [0.3, 0.4) is 0 Å². The molecular formula is C19H28ClN5O2. The number of hydrogen-bond acceptors (Lipinski definition) is 6. The standard InChI is InChI=1S/C19H28ClN5O2/c1-23-15-13-16(20)21-17(14-3-10-27-11-4-14)18(15)22-19(23)25-7-5-24(6-8-25)9-12-26-2/h13-14H,3-12H2,1-2H3. The Labute approximate surface area is 165 Å². The van der Waals surface area contributed by atoms with Gasteiger partial charge in [0.1, 0.15) is 10.7 Å². The van der Waals surface area contributed by atoms with Gasteiger partial charge in [0.25, 0.3) is 0 Å². The number of ether oxygens (including phenoxy) is 2. The summed E-state index contributed by atoms with van der Waals surface area (Å²) in [4.78, 5) is 14.5. The molecule has 2 fully saturated rings. The van der Waals surface area contributed by atoms with Crippen molar-refractivity contribution in [1.29, 1.82) is 0 Å². The molecule has 0 unspecified atom stereocenters. The summed E-state index contributed by atoms with van der Waals surface area (Å²) in [6, 6.07) is 1.94. The van der Waals surface area contributed by atoms with E-state index in [-0.39, 0.29) is 0 Å². The van der Waals surface area contributed by atoms with E-state index in [9.17, 15) is 0 Å². The Balaban J connectivity index is 1.60. The highest BCUT2D eigenvalue weighted by Crippen LogP contribution is 2.34. The lowest BCUT2D eigenvalue weighted by Gasteiger charge is -2.35. The molecule has 0 amide bonds. The molecule has 4 rings (SSSR count). The maximum absolute atomic E-state index is 6.36. The molecule has 0 spiro atoms. The summed E-state index contributed by atoms with van der Waals surface area (Å²) in [6.07, 6.45) is 1.96. The lowest BCUT2D eigenvalue weighted by Crippen LogP contribution is -2.48. The van der Waals surface area contributed by atoms with E-state index in [0.29, 0.717) is 11.1 Å². The first kappa shape index (κ1) is 18.9. The number of piperazine rings is 1. The molecule has 0 saturated carbocycles. The van der Waals surface area contributed by atoms with Crippen LogP contribution in [-0.2, 0) is 16.5 Å². The molecule has 2 aromatic heterocycles. The highest BCUT2D eigenvalue weighted by atomic mass is 35.5. The fraction of sp³-hybridized carbons (Fsp3) is 0.684. The first-order valence-electron chi connectivity index (χ1n) is 9.74. The molecule has 0 bridgehead atoms.